The summed E-state index contributed by atoms with van der Waals surface area (Å²) in [4.78, 5) is 37.2. The first-order valence-electron chi connectivity index (χ1n) is 12.3. The van der Waals surface area contributed by atoms with E-state index in [2.05, 4.69) is 35.6 Å². The molecule has 5 aromatic rings. The molecule has 0 saturated carbocycles. The molecule has 0 aliphatic carbocycles. The normalized spacial score (nSPS) is 12.4. The lowest BCUT2D eigenvalue weighted by atomic mass is 10.1. The summed E-state index contributed by atoms with van der Waals surface area (Å²) in [5, 5.41) is 9.05. The number of carboxylic acid groups (broad SMARTS) is 1. The molecule has 8 nitrogen and oxygen atoms in total. The van der Waals surface area contributed by atoms with E-state index in [-0.39, 0.29) is 12.1 Å². The number of aromatic amines is 1. The molecule has 2 N–H and O–H groups in total. The van der Waals surface area contributed by atoms with Crippen LogP contribution in [0, 0.1) is 0 Å². The van der Waals surface area contributed by atoms with Gasteiger partial charge in [-0.3, -0.25) is 9.36 Å². The van der Waals surface area contributed by atoms with Gasteiger partial charge in [-0.15, -0.1) is 0 Å². The fourth-order valence-electron chi connectivity index (χ4n) is 4.48. The third-order valence-corrected chi connectivity index (χ3v) is 6.46. The zero-order valence-corrected chi connectivity index (χ0v) is 21.2. The maximum atomic E-state index is 13.6. The van der Waals surface area contributed by atoms with Crippen LogP contribution in [-0.4, -0.2) is 35.2 Å². The van der Waals surface area contributed by atoms with Gasteiger partial charge in [-0.2, -0.15) is 0 Å². The van der Waals surface area contributed by atoms with Crippen LogP contribution in [-0.2, 0) is 17.6 Å². The number of benzene rings is 2. The predicted octanol–water partition coefficient (Wildman–Crippen LogP) is 5.38. The first-order valence-corrected chi connectivity index (χ1v) is 12.3. The van der Waals surface area contributed by atoms with Crippen LogP contribution in [0.5, 0.6) is 0 Å². The quantitative estimate of drug-likeness (QED) is 0.275. The summed E-state index contributed by atoms with van der Waals surface area (Å²) in [6.07, 6.45) is 7.97. The van der Waals surface area contributed by atoms with E-state index in [1.165, 1.54) is 10.1 Å². The molecule has 3 aromatic heterocycles. The van der Waals surface area contributed by atoms with E-state index in [0.29, 0.717) is 33.9 Å². The Morgan fingerprint density at radius 2 is 1.87 bits per heavy atom. The van der Waals surface area contributed by atoms with Crippen LogP contribution in [0.3, 0.4) is 0 Å². The van der Waals surface area contributed by atoms with Crippen molar-refractivity contribution in [3.8, 4) is 5.69 Å². The monoisotopic (exact) mass is 505 g/mol. The predicted molar refractivity (Wildman–Crippen MR) is 150 cm³/mol. The Morgan fingerprint density at radius 3 is 2.58 bits per heavy atom. The van der Waals surface area contributed by atoms with Crippen molar-refractivity contribution in [1.82, 2.24) is 24.1 Å². The highest BCUT2D eigenvalue weighted by Gasteiger charge is 2.17. The van der Waals surface area contributed by atoms with Gasteiger partial charge in [0.05, 0.1) is 28.7 Å². The fraction of sp³-hybridized carbons (Fsp3) is 0.133. The molecule has 0 spiro atoms. The van der Waals surface area contributed by atoms with Gasteiger partial charge in [0.25, 0.3) is 0 Å². The van der Waals surface area contributed by atoms with E-state index in [0.717, 1.165) is 23.0 Å². The summed E-state index contributed by atoms with van der Waals surface area (Å²) in [6, 6.07) is 16.7. The minimum atomic E-state index is -0.908. The van der Waals surface area contributed by atoms with Crippen LogP contribution in [0.25, 0.3) is 39.2 Å². The van der Waals surface area contributed by atoms with E-state index >= 15 is 0 Å². The minimum Gasteiger partial charge on any atom is -0.481 e. The molecule has 0 radical (unpaired) electrons. The first-order chi connectivity index (χ1) is 18.4. The molecule has 5 rings (SSSR count). The summed E-state index contributed by atoms with van der Waals surface area (Å²) in [6.45, 7) is 7.93. The van der Waals surface area contributed by atoms with Crippen molar-refractivity contribution in [2.24, 2.45) is 0 Å². The molecule has 0 atom stereocenters. The molecule has 0 fully saturated rings. The van der Waals surface area contributed by atoms with Gasteiger partial charge in [0.1, 0.15) is 5.82 Å². The maximum absolute atomic E-state index is 13.6. The number of carboxylic acids is 1. The Labute approximate surface area is 218 Å². The smallest absolute Gasteiger partial charge is 0.339 e. The second-order valence-corrected chi connectivity index (χ2v) is 8.96. The van der Waals surface area contributed by atoms with E-state index in [1.807, 2.05) is 31.2 Å². The summed E-state index contributed by atoms with van der Waals surface area (Å²) in [5.74, 6) is -0.209. The summed E-state index contributed by atoms with van der Waals surface area (Å²) < 4.78 is 3.14. The van der Waals surface area contributed by atoms with E-state index in [4.69, 9.17) is 10.1 Å². The van der Waals surface area contributed by atoms with Gasteiger partial charge in [0.2, 0.25) is 0 Å². The SMILES string of the molecule is C=C/C(=C\C=C(/C)n1c(=O)n(-c2ccc(CC(=O)O)cc2)c2ncccc21)c1nc2ccc(CC)cc2[nH]1. The standard InChI is InChI=1S/C30H27N5O3/c1-4-20-11-15-24-25(17-20)33-28(32-24)22(5-2)12-8-19(3)34-26-7-6-16-31-29(26)35(30(34)38)23-13-9-21(10-14-23)18-27(36)37/h5-17H,2,4,18H2,1,3H3,(H,32,33)(H,36,37)/b19-8+,22-12+. The molecule has 2 aromatic carbocycles. The van der Waals surface area contributed by atoms with Gasteiger partial charge < -0.3 is 10.1 Å². The van der Waals surface area contributed by atoms with Crippen molar-refractivity contribution in [3.05, 3.63) is 113 Å². The Kier molecular flexibility index (Phi) is 6.62. The molecule has 0 unspecified atom stereocenters. The van der Waals surface area contributed by atoms with Crippen LogP contribution in [0.4, 0.5) is 0 Å². The van der Waals surface area contributed by atoms with Crippen molar-refractivity contribution in [2.45, 2.75) is 26.7 Å². The van der Waals surface area contributed by atoms with Gasteiger partial charge in [-0.25, -0.2) is 19.3 Å². The van der Waals surface area contributed by atoms with Gasteiger partial charge in [-0.05, 0) is 73.0 Å². The summed E-state index contributed by atoms with van der Waals surface area (Å²) in [5.41, 5.74) is 6.71. The number of nitrogens with zero attached hydrogens (tertiary/aromatic N) is 4. The molecule has 190 valence electrons. The second-order valence-electron chi connectivity index (χ2n) is 8.96. The number of nitrogens with one attached hydrogen (secondary N) is 1. The molecule has 3 heterocycles. The van der Waals surface area contributed by atoms with Crippen LogP contribution >= 0.6 is 0 Å². The molecular weight excluding hydrogens is 478 g/mol. The van der Waals surface area contributed by atoms with E-state index in [9.17, 15) is 9.59 Å². The van der Waals surface area contributed by atoms with Gasteiger partial charge in [0.15, 0.2) is 5.65 Å². The van der Waals surface area contributed by atoms with Crippen molar-refractivity contribution < 1.29 is 9.90 Å². The van der Waals surface area contributed by atoms with Crippen LogP contribution < -0.4 is 5.69 Å². The van der Waals surface area contributed by atoms with Gasteiger partial charge in [-0.1, -0.05) is 37.8 Å². The highest BCUT2D eigenvalue weighted by Crippen LogP contribution is 2.22. The average Bonchev–Trinajstić information content (AvgIpc) is 3.46. The fourth-order valence-corrected chi connectivity index (χ4v) is 4.48. The van der Waals surface area contributed by atoms with Gasteiger partial charge >= 0.3 is 11.7 Å². The van der Waals surface area contributed by atoms with Crippen LogP contribution in [0.1, 0.15) is 30.8 Å². The molecule has 0 amide bonds. The van der Waals surface area contributed by atoms with Gasteiger partial charge in [0, 0.05) is 17.5 Å². The number of aliphatic carboxylic acids is 1. The molecule has 38 heavy (non-hydrogen) atoms. The lowest BCUT2D eigenvalue weighted by Gasteiger charge is -2.04. The highest BCUT2D eigenvalue weighted by molar-refractivity contribution is 5.83. The molecular formula is C30H27N5O3. The number of imidazole rings is 2. The molecule has 0 saturated heterocycles. The first kappa shape index (κ1) is 24.7. The molecule has 8 heteroatoms. The largest absolute Gasteiger partial charge is 0.481 e. The third kappa shape index (κ3) is 4.59. The second kappa shape index (κ2) is 10.2. The van der Waals surface area contributed by atoms with Crippen molar-refractivity contribution in [1.29, 1.82) is 0 Å². The number of fused-ring (bicyclic) bond motifs is 2. The van der Waals surface area contributed by atoms with Crippen molar-refractivity contribution in [3.63, 3.8) is 0 Å². The number of aromatic nitrogens is 5. The number of H-pyrrole nitrogens is 1. The third-order valence-electron chi connectivity index (χ3n) is 6.46. The average molecular weight is 506 g/mol. The number of carbonyl (C=O) groups is 1. The Morgan fingerprint density at radius 1 is 1.11 bits per heavy atom. The number of hydrogen-bond donors (Lipinski definition) is 2. The Balaban J connectivity index is 1.56. The molecule has 0 bridgehead atoms. The summed E-state index contributed by atoms with van der Waals surface area (Å²) >= 11 is 0. The molecule has 0 aliphatic rings. The zero-order chi connectivity index (χ0) is 26.8. The number of pyridine rings is 1. The lowest BCUT2D eigenvalue weighted by Crippen LogP contribution is -2.22. The molecule has 0 aliphatic heterocycles. The topological polar surface area (TPSA) is 106 Å². The van der Waals surface area contributed by atoms with E-state index < -0.39 is 5.97 Å². The Hall–Kier alpha value is -4.98. The van der Waals surface area contributed by atoms with Crippen molar-refractivity contribution in [2.75, 3.05) is 0 Å². The van der Waals surface area contributed by atoms with Crippen molar-refractivity contribution >= 4 is 39.4 Å². The number of aryl methyl sites for hydroxylation is 1. The van der Waals surface area contributed by atoms with E-state index in [1.54, 1.807) is 47.2 Å². The Bertz CT molecular complexity index is 1800. The van der Waals surface area contributed by atoms with Crippen LogP contribution in [0.15, 0.2) is 90.4 Å². The minimum absolute atomic E-state index is 0.0833. The van der Waals surface area contributed by atoms with Crippen LogP contribution in [0.2, 0.25) is 0 Å². The zero-order valence-electron chi connectivity index (χ0n) is 21.2. The lowest BCUT2D eigenvalue weighted by molar-refractivity contribution is -0.136. The highest BCUT2D eigenvalue weighted by atomic mass is 16.4. The number of allylic oxidation sites excluding steroid dienone is 5. The number of rotatable bonds is 8. The summed E-state index contributed by atoms with van der Waals surface area (Å²) in [7, 11) is 0. The maximum Gasteiger partial charge on any atom is 0.339 e. The number of hydrogen-bond acceptors (Lipinski definition) is 4.